The van der Waals surface area contributed by atoms with Gasteiger partial charge in [-0.25, -0.2) is 0 Å². The average Bonchev–Trinajstić information content (AvgIpc) is 3.15. The summed E-state index contributed by atoms with van der Waals surface area (Å²) in [5, 5.41) is 3.53. The highest BCUT2D eigenvalue weighted by atomic mass is 14.9. The van der Waals surface area contributed by atoms with Gasteiger partial charge in [0.15, 0.2) is 0 Å². The molecule has 1 atom stereocenters. The standard InChI is InChI=1S/C14H22N2/c1-2-9-16-14(10-15)13-6-4-3-5-12(13)11-7-8-11/h3-6,11,14,16H,2,7-10,15H2,1H3. The predicted octanol–water partition coefficient (Wildman–Crippen LogP) is 2.56. The molecule has 0 aliphatic heterocycles. The van der Waals surface area contributed by atoms with Gasteiger partial charge in [0.2, 0.25) is 0 Å². The van der Waals surface area contributed by atoms with E-state index < -0.39 is 0 Å². The molecule has 3 N–H and O–H groups in total. The van der Waals surface area contributed by atoms with Crippen molar-refractivity contribution in [1.29, 1.82) is 0 Å². The summed E-state index contributed by atoms with van der Waals surface area (Å²) in [4.78, 5) is 0. The number of nitrogens with two attached hydrogens (primary N) is 1. The maximum atomic E-state index is 5.87. The predicted molar refractivity (Wildman–Crippen MR) is 68.5 cm³/mol. The smallest absolute Gasteiger partial charge is 0.0447 e. The Balaban J connectivity index is 2.15. The van der Waals surface area contributed by atoms with Crippen LogP contribution in [0.2, 0.25) is 0 Å². The Hall–Kier alpha value is -0.860. The van der Waals surface area contributed by atoms with Crippen molar-refractivity contribution in [3.8, 4) is 0 Å². The molecular weight excluding hydrogens is 196 g/mol. The van der Waals surface area contributed by atoms with Crippen molar-refractivity contribution in [3.05, 3.63) is 35.4 Å². The first-order valence-electron chi connectivity index (χ1n) is 6.39. The van der Waals surface area contributed by atoms with Crippen LogP contribution >= 0.6 is 0 Å². The first-order chi connectivity index (χ1) is 7.86. The molecule has 0 saturated heterocycles. The van der Waals surface area contributed by atoms with Crippen molar-refractivity contribution in [2.24, 2.45) is 5.73 Å². The van der Waals surface area contributed by atoms with Crippen LogP contribution in [0.4, 0.5) is 0 Å². The van der Waals surface area contributed by atoms with E-state index in [0.29, 0.717) is 12.6 Å². The summed E-state index contributed by atoms with van der Waals surface area (Å²) in [5.41, 5.74) is 8.81. The van der Waals surface area contributed by atoms with Crippen LogP contribution in [-0.4, -0.2) is 13.1 Å². The second kappa shape index (κ2) is 5.46. The van der Waals surface area contributed by atoms with E-state index in [-0.39, 0.29) is 0 Å². The fraction of sp³-hybridized carbons (Fsp3) is 0.571. The largest absolute Gasteiger partial charge is 0.329 e. The molecule has 0 spiro atoms. The average molecular weight is 218 g/mol. The van der Waals surface area contributed by atoms with Crippen molar-refractivity contribution in [3.63, 3.8) is 0 Å². The van der Waals surface area contributed by atoms with Crippen molar-refractivity contribution in [2.45, 2.75) is 38.1 Å². The molecule has 1 aliphatic carbocycles. The third-order valence-electron chi connectivity index (χ3n) is 3.27. The van der Waals surface area contributed by atoms with Gasteiger partial charge in [-0.1, -0.05) is 31.2 Å². The zero-order chi connectivity index (χ0) is 11.4. The van der Waals surface area contributed by atoms with Gasteiger partial charge in [-0.2, -0.15) is 0 Å². The Bertz CT molecular complexity index is 331. The van der Waals surface area contributed by atoms with Gasteiger partial charge in [0.25, 0.3) is 0 Å². The number of rotatable bonds is 6. The summed E-state index contributed by atoms with van der Waals surface area (Å²) in [5.74, 6) is 0.800. The highest BCUT2D eigenvalue weighted by molar-refractivity contribution is 5.35. The summed E-state index contributed by atoms with van der Waals surface area (Å²) < 4.78 is 0. The second-order valence-corrected chi connectivity index (χ2v) is 4.65. The molecule has 1 aliphatic rings. The summed E-state index contributed by atoms with van der Waals surface area (Å²) in [7, 11) is 0. The van der Waals surface area contributed by atoms with E-state index in [1.165, 1.54) is 24.0 Å². The minimum atomic E-state index is 0.330. The normalized spacial score (nSPS) is 17.4. The van der Waals surface area contributed by atoms with Crippen LogP contribution in [0.25, 0.3) is 0 Å². The van der Waals surface area contributed by atoms with E-state index in [0.717, 1.165) is 18.9 Å². The zero-order valence-corrected chi connectivity index (χ0v) is 10.1. The molecule has 0 radical (unpaired) electrons. The fourth-order valence-electron chi connectivity index (χ4n) is 2.23. The number of hydrogen-bond acceptors (Lipinski definition) is 2. The molecule has 2 nitrogen and oxygen atoms in total. The molecule has 16 heavy (non-hydrogen) atoms. The molecule has 1 unspecified atom stereocenters. The molecule has 0 amide bonds. The highest BCUT2D eigenvalue weighted by Crippen LogP contribution is 2.42. The number of hydrogen-bond donors (Lipinski definition) is 2. The lowest BCUT2D eigenvalue weighted by Gasteiger charge is -2.20. The van der Waals surface area contributed by atoms with Crippen LogP contribution in [0.5, 0.6) is 0 Å². The third-order valence-corrected chi connectivity index (χ3v) is 3.27. The van der Waals surface area contributed by atoms with Crippen LogP contribution < -0.4 is 11.1 Å². The quantitative estimate of drug-likeness (QED) is 0.770. The summed E-state index contributed by atoms with van der Waals surface area (Å²) >= 11 is 0. The topological polar surface area (TPSA) is 38.0 Å². The lowest BCUT2D eigenvalue weighted by Crippen LogP contribution is -2.29. The highest BCUT2D eigenvalue weighted by Gasteiger charge is 2.27. The van der Waals surface area contributed by atoms with Crippen molar-refractivity contribution >= 4 is 0 Å². The molecule has 1 aromatic carbocycles. The molecule has 1 saturated carbocycles. The van der Waals surface area contributed by atoms with Crippen LogP contribution in [-0.2, 0) is 0 Å². The van der Waals surface area contributed by atoms with E-state index in [1.807, 2.05) is 0 Å². The minimum absolute atomic E-state index is 0.330. The van der Waals surface area contributed by atoms with Crippen molar-refractivity contribution in [2.75, 3.05) is 13.1 Å². The van der Waals surface area contributed by atoms with E-state index in [9.17, 15) is 0 Å². The molecule has 2 rings (SSSR count). The monoisotopic (exact) mass is 218 g/mol. The Morgan fingerprint density at radius 3 is 2.75 bits per heavy atom. The van der Waals surface area contributed by atoms with Gasteiger partial charge in [-0.3, -0.25) is 0 Å². The van der Waals surface area contributed by atoms with Crippen molar-refractivity contribution in [1.82, 2.24) is 5.32 Å². The Morgan fingerprint density at radius 2 is 2.12 bits per heavy atom. The molecular formula is C14H22N2. The first kappa shape index (κ1) is 11.6. The molecule has 2 heteroatoms. The molecule has 88 valence electrons. The molecule has 1 fully saturated rings. The maximum absolute atomic E-state index is 5.87. The van der Waals surface area contributed by atoms with E-state index >= 15 is 0 Å². The number of nitrogens with one attached hydrogen (secondary N) is 1. The lowest BCUT2D eigenvalue weighted by atomic mass is 9.97. The van der Waals surface area contributed by atoms with Crippen LogP contribution in [0, 0.1) is 0 Å². The van der Waals surface area contributed by atoms with E-state index in [1.54, 1.807) is 0 Å². The fourth-order valence-corrected chi connectivity index (χ4v) is 2.23. The van der Waals surface area contributed by atoms with Gasteiger partial charge < -0.3 is 11.1 Å². The van der Waals surface area contributed by atoms with Gasteiger partial charge in [0.05, 0.1) is 0 Å². The third kappa shape index (κ3) is 2.63. The summed E-state index contributed by atoms with van der Waals surface area (Å²) in [6, 6.07) is 9.09. The molecule has 0 aromatic heterocycles. The summed E-state index contributed by atoms with van der Waals surface area (Å²) in [6.45, 7) is 3.91. The Kier molecular flexibility index (Phi) is 3.97. The van der Waals surface area contributed by atoms with Crippen LogP contribution in [0.3, 0.4) is 0 Å². The molecule has 0 bridgehead atoms. The first-order valence-corrected chi connectivity index (χ1v) is 6.39. The van der Waals surface area contributed by atoms with E-state index in [2.05, 4.69) is 36.5 Å². The van der Waals surface area contributed by atoms with Gasteiger partial charge >= 0.3 is 0 Å². The van der Waals surface area contributed by atoms with Gasteiger partial charge in [-0.15, -0.1) is 0 Å². The SMILES string of the molecule is CCCNC(CN)c1ccccc1C1CC1. The zero-order valence-electron chi connectivity index (χ0n) is 10.1. The van der Waals surface area contributed by atoms with Crippen molar-refractivity contribution < 1.29 is 0 Å². The van der Waals surface area contributed by atoms with Crippen LogP contribution in [0.15, 0.2) is 24.3 Å². The number of benzene rings is 1. The minimum Gasteiger partial charge on any atom is -0.329 e. The molecule has 1 aromatic rings. The van der Waals surface area contributed by atoms with Gasteiger partial charge in [0, 0.05) is 12.6 Å². The van der Waals surface area contributed by atoms with E-state index in [4.69, 9.17) is 5.73 Å². The summed E-state index contributed by atoms with van der Waals surface area (Å²) in [6.07, 6.45) is 3.85. The Morgan fingerprint density at radius 1 is 1.38 bits per heavy atom. The Labute approximate surface area is 98.2 Å². The molecule has 0 heterocycles. The maximum Gasteiger partial charge on any atom is 0.0447 e. The second-order valence-electron chi connectivity index (χ2n) is 4.65. The van der Waals surface area contributed by atoms with Gasteiger partial charge in [0.1, 0.15) is 0 Å². The lowest BCUT2D eigenvalue weighted by molar-refractivity contribution is 0.536. The van der Waals surface area contributed by atoms with Gasteiger partial charge in [-0.05, 0) is 42.9 Å². The van der Waals surface area contributed by atoms with Crippen LogP contribution in [0.1, 0.15) is 49.3 Å².